The number of carbonyl (C=O) groups is 1. The molecule has 0 radical (unpaired) electrons. The molecule has 1 unspecified atom stereocenters. The van der Waals surface area contributed by atoms with Gasteiger partial charge in [-0.3, -0.25) is 9.69 Å². The highest BCUT2D eigenvalue weighted by molar-refractivity contribution is 6.32. The first-order valence-corrected chi connectivity index (χ1v) is 13.5. The third-order valence-corrected chi connectivity index (χ3v) is 8.15. The van der Waals surface area contributed by atoms with Gasteiger partial charge in [0.25, 0.3) is 0 Å². The molecule has 5 rings (SSSR count). The second-order valence-electron chi connectivity index (χ2n) is 10.6. The smallest absolute Gasteiger partial charge is 0.225 e. The lowest BCUT2D eigenvalue weighted by atomic mass is 9.95. The van der Waals surface area contributed by atoms with Crippen LogP contribution in [0, 0.1) is 13.8 Å². The molecule has 2 aromatic carbocycles. The first kappa shape index (κ1) is 26.0. The second-order valence-corrected chi connectivity index (χ2v) is 11.0. The van der Waals surface area contributed by atoms with E-state index < -0.39 is 5.60 Å². The van der Waals surface area contributed by atoms with E-state index >= 15 is 0 Å². The monoisotopic (exact) mass is 525 g/mol. The first-order valence-electron chi connectivity index (χ1n) is 13.1. The fourth-order valence-corrected chi connectivity index (χ4v) is 5.58. The summed E-state index contributed by atoms with van der Waals surface area (Å²) in [5.41, 5.74) is 3.49. The van der Waals surface area contributed by atoms with Crippen molar-refractivity contribution in [2.24, 2.45) is 0 Å². The van der Waals surface area contributed by atoms with Crippen LogP contribution in [-0.4, -0.2) is 76.9 Å². The molecule has 8 heteroatoms. The maximum Gasteiger partial charge on any atom is 0.225 e. The minimum Gasteiger partial charge on any atom is -0.490 e. The number of hydrogen-bond acceptors (Lipinski definition) is 5. The van der Waals surface area contributed by atoms with Crippen molar-refractivity contribution < 1.29 is 19.4 Å². The van der Waals surface area contributed by atoms with E-state index in [1.165, 1.54) is 10.9 Å². The Morgan fingerprint density at radius 2 is 1.92 bits per heavy atom. The van der Waals surface area contributed by atoms with Gasteiger partial charge < -0.3 is 24.5 Å². The number of amides is 1. The van der Waals surface area contributed by atoms with Crippen molar-refractivity contribution in [3.8, 4) is 5.75 Å². The number of aryl methyl sites for hydroxylation is 2. The third kappa shape index (κ3) is 6.12. The number of aromatic amines is 1. The number of halogens is 1. The Hall–Kier alpha value is -2.58. The predicted molar refractivity (Wildman–Crippen MR) is 145 cm³/mol. The lowest BCUT2D eigenvalue weighted by Crippen LogP contribution is -2.57. The molecule has 7 nitrogen and oxygen atoms in total. The minimum atomic E-state index is -0.773. The summed E-state index contributed by atoms with van der Waals surface area (Å²) in [5, 5.41) is 11.8. The molecule has 1 amide bonds. The number of benzene rings is 2. The van der Waals surface area contributed by atoms with E-state index in [1.807, 2.05) is 37.1 Å². The van der Waals surface area contributed by atoms with Crippen molar-refractivity contribution in [1.29, 1.82) is 0 Å². The molecule has 3 heterocycles. The van der Waals surface area contributed by atoms with Crippen LogP contribution in [-0.2, 0) is 16.1 Å². The molecule has 2 aliphatic heterocycles. The molecule has 2 saturated heterocycles. The molecule has 198 valence electrons. The quantitative estimate of drug-likeness (QED) is 0.476. The van der Waals surface area contributed by atoms with Crippen LogP contribution in [0.2, 0.25) is 5.02 Å². The number of morpholine rings is 1. The Kier molecular flexibility index (Phi) is 7.77. The number of aliphatic hydroxyl groups excluding tert-OH is 1. The van der Waals surface area contributed by atoms with E-state index in [1.54, 1.807) is 0 Å². The molecular formula is C29H36ClN3O4. The maximum atomic E-state index is 13.4. The van der Waals surface area contributed by atoms with Gasteiger partial charge in [-0.2, -0.15) is 0 Å². The van der Waals surface area contributed by atoms with Crippen LogP contribution in [0.15, 0.2) is 42.6 Å². The number of hydrogen-bond donors (Lipinski definition) is 2. The van der Waals surface area contributed by atoms with Gasteiger partial charge in [0.15, 0.2) is 0 Å². The van der Waals surface area contributed by atoms with Gasteiger partial charge in [0.05, 0.1) is 19.1 Å². The summed E-state index contributed by atoms with van der Waals surface area (Å²) in [5.74, 6) is 0.778. The van der Waals surface area contributed by atoms with Crippen LogP contribution in [0.3, 0.4) is 0 Å². The topological polar surface area (TPSA) is 78.0 Å². The van der Waals surface area contributed by atoms with Crippen LogP contribution in [0.25, 0.3) is 10.9 Å². The van der Waals surface area contributed by atoms with Gasteiger partial charge in [-0.05, 0) is 79.1 Å². The molecule has 1 atom stereocenters. The van der Waals surface area contributed by atoms with Crippen molar-refractivity contribution in [2.75, 3.05) is 39.4 Å². The van der Waals surface area contributed by atoms with Gasteiger partial charge in [0.2, 0.25) is 5.91 Å². The van der Waals surface area contributed by atoms with Gasteiger partial charge >= 0.3 is 0 Å². The predicted octanol–water partition coefficient (Wildman–Crippen LogP) is 4.46. The number of likely N-dealkylation sites (tertiary alicyclic amines) is 1. The second kappa shape index (κ2) is 11.0. The Balaban J connectivity index is 1.34. The van der Waals surface area contributed by atoms with Crippen LogP contribution in [0.4, 0.5) is 0 Å². The number of aromatic nitrogens is 1. The highest BCUT2D eigenvalue weighted by atomic mass is 35.5. The molecule has 0 aliphatic carbocycles. The summed E-state index contributed by atoms with van der Waals surface area (Å²) in [6, 6.07) is 12.4. The Bertz CT molecular complexity index is 1230. The maximum absolute atomic E-state index is 13.4. The summed E-state index contributed by atoms with van der Waals surface area (Å²) in [6.45, 7) is 8.03. The Morgan fingerprint density at radius 1 is 1.16 bits per heavy atom. The van der Waals surface area contributed by atoms with Gasteiger partial charge in [0.1, 0.15) is 18.0 Å². The molecule has 0 bridgehead atoms. The normalized spacial score (nSPS) is 21.5. The molecule has 1 aromatic heterocycles. The number of fused-ring (bicyclic) bond motifs is 1. The summed E-state index contributed by atoms with van der Waals surface area (Å²) < 4.78 is 12.7. The molecule has 2 fully saturated rings. The largest absolute Gasteiger partial charge is 0.490 e. The van der Waals surface area contributed by atoms with Crippen molar-refractivity contribution in [2.45, 2.75) is 51.4 Å². The zero-order chi connectivity index (χ0) is 26.0. The molecule has 0 saturated carbocycles. The number of nitrogens with zero attached hydrogens (tertiary/aromatic N) is 2. The Morgan fingerprint density at radius 3 is 2.68 bits per heavy atom. The lowest BCUT2D eigenvalue weighted by molar-refractivity contribution is -0.158. The van der Waals surface area contributed by atoms with Gasteiger partial charge in [0, 0.05) is 49.5 Å². The highest BCUT2D eigenvalue weighted by Crippen LogP contribution is 2.30. The van der Waals surface area contributed by atoms with Crippen molar-refractivity contribution in [3.05, 3.63) is 64.3 Å². The summed E-state index contributed by atoms with van der Waals surface area (Å²) >= 11 is 6.36. The molecule has 3 aromatic rings. The summed E-state index contributed by atoms with van der Waals surface area (Å²) in [4.78, 5) is 20.8. The number of aliphatic hydroxyl groups is 1. The summed E-state index contributed by atoms with van der Waals surface area (Å²) in [7, 11) is 0. The van der Waals surface area contributed by atoms with Crippen molar-refractivity contribution in [3.63, 3.8) is 0 Å². The van der Waals surface area contributed by atoms with E-state index in [4.69, 9.17) is 21.1 Å². The number of rotatable bonds is 7. The molecule has 37 heavy (non-hydrogen) atoms. The zero-order valence-electron chi connectivity index (χ0n) is 21.6. The van der Waals surface area contributed by atoms with Crippen molar-refractivity contribution >= 4 is 28.4 Å². The zero-order valence-corrected chi connectivity index (χ0v) is 22.4. The van der Waals surface area contributed by atoms with E-state index in [9.17, 15) is 9.90 Å². The highest BCUT2D eigenvalue weighted by Gasteiger charge is 2.41. The van der Waals surface area contributed by atoms with Crippen LogP contribution >= 0.6 is 11.6 Å². The lowest BCUT2D eigenvalue weighted by Gasteiger charge is -2.43. The number of carbonyl (C=O) groups excluding carboxylic acids is 1. The molecule has 0 spiro atoms. The van der Waals surface area contributed by atoms with Crippen molar-refractivity contribution in [1.82, 2.24) is 14.8 Å². The molecule has 2 aliphatic rings. The van der Waals surface area contributed by atoms with E-state index in [0.717, 1.165) is 40.5 Å². The number of piperidine rings is 1. The Labute approximate surface area is 223 Å². The number of H-pyrrole nitrogens is 1. The molecular weight excluding hydrogens is 490 g/mol. The standard InChI is InChI=1S/C29H36ClN3O4/c1-20-13-25(14-21(2)28(20)30)36-19-29(16-27(35)33-9-6-24(34)7-10-33)18-32(11-12-37-29)17-22-3-4-26-23(15-22)5-8-31-26/h3-5,8,13-15,24,31,34H,6-7,9-12,16-19H2,1-2H3. The average Bonchev–Trinajstić information content (AvgIpc) is 3.34. The van der Waals surface area contributed by atoms with E-state index in [-0.39, 0.29) is 25.0 Å². The van der Waals surface area contributed by atoms with Gasteiger partial charge in [-0.25, -0.2) is 0 Å². The number of ether oxygens (including phenoxy) is 2. The van der Waals surface area contributed by atoms with Gasteiger partial charge in [-0.15, -0.1) is 0 Å². The first-order chi connectivity index (χ1) is 17.8. The third-order valence-electron chi connectivity index (χ3n) is 7.55. The fourth-order valence-electron chi connectivity index (χ4n) is 5.47. The van der Waals surface area contributed by atoms with E-state index in [0.29, 0.717) is 39.1 Å². The van der Waals surface area contributed by atoms with Crippen LogP contribution in [0.5, 0.6) is 5.75 Å². The SMILES string of the molecule is Cc1cc(OCC2(CC(=O)N3CCC(O)CC3)CN(Cc3ccc4[nH]ccc4c3)CCO2)cc(C)c1Cl. The molecule has 2 N–H and O–H groups in total. The average molecular weight is 526 g/mol. The minimum absolute atomic E-state index is 0.0505. The van der Waals surface area contributed by atoms with Crippen LogP contribution in [0.1, 0.15) is 36.0 Å². The summed E-state index contributed by atoms with van der Waals surface area (Å²) in [6.07, 6.45) is 3.11. The number of nitrogens with one attached hydrogen (secondary N) is 1. The van der Waals surface area contributed by atoms with E-state index in [2.05, 4.69) is 34.1 Å². The van der Waals surface area contributed by atoms with Crippen LogP contribution < -0.4 is 4.74 Å². The van der Waals surface area contributed by atoms with Gasteiger partial charge in [-0.1, -0.05) is 17.7 Å². The fraction of sp³-hybridized carbons (Fsp3) is 0.483.